The van der Waals surface area contributed by atoms with E-state index in [9.17, 15) is 9.59 Å². The van der Waals surface area contributed by atoms with Crippen molar-refractivity contribution in [3.63, 3.8) is 0 Å². The number of benzene rings is 1. The van der Waals surface area contributed by atoms with Crippen molar-refractivity contribution in [1.29, 1.82) is 0 Å². The average molecular weight is 276 g/mol. The third-order valence-electron chi connectivity index (χ3n) is 3.88. The van der Waals surface area contributed by atoms with Crippen molar-refractivity contribution >= 4 is 11.9 Å². The highest BCUT2D eigenvalue weighted by Crippen LogP contribution is 2.45. The second-order valence-corrected chi connectivity index (χ2v) is 5.35. The lowest BCUT2D eigenvalue weighted by atomic mass is 9.99. The maximum Gasteiger partial charge on any atom is 0.303 e. The van der Waals surface area contributed by atoms with Gasteiger partial charge in [-0.25, -0.2) is 0 Å². The largest absolute Gasteiger partial charge is 0.481 e. The Morgan fingerprint density at radius 2 is 1.95 bits per heavy atom. The van der Waals surface area contributed by atoms with Crippen molar-refractivity contribution in [3.05, 3.63) is 35.9 Å². The second kappa shape index (κ2) is 6.05. The van der Waals surface area contributed by atoms with Crippen LogP contribution in [0.3, 0.4) is 0 Å². The fourth-order valence-corrected chi connectivity index (χ4v) is 2.26. The van der Waals surface area contributed by atoms with Gasteiger partial charge in [0.2, 0.25) is 5.91 Å². The van der Waals surface area contributed by atoms with Gasteiger partial charge >= 0.3 is 5.97 Å². The van der Waals surface area contributed by atoms with E-state index in [1.165, 1.54) is 0 Å². The highest BCUT2D eigenvalue weighted by atomic mass is 16.4. The van der Waals surface area contributed by atoms with Crippen molar-refractivity contribution in [1.82, 2.24) is 5.32 Å². The molecule has 1 aromatic rings. The van der Waals surface area contributed by atoms with Crippen LogP contribution >= 0.6 is 0 Å². The first-order valence-electron chi connectivity index (χ1n) is 6.85. The summed E-state index contributed by atoms with van der Waals surface area (Å²) in [6.45, 7) is 0.347. The summed E-state index contributed by atoms with van der Waals surface area (Å²) in [7, 11) is 0. The van der Waals surface area contributed by atoms with E-state index in [2.05, 4.69) is 5.32 Å². The number of nitrogens with two attached hydrogens (primary N) is 1. The number of carboxylic acid groups (broad SMARTS) is 1. The molecule has 20 heavy (non-hydrogen) atoms. The first kappa shape index (κ1) is 14.5. The number of hydrogen-bond acceptors (Lipinski definition) is 3. The number of amides is 1. The third kappa shape index (κ3) is 3.36. The second-order valence-electron chi connectivity index (χ2n) is 5.35. The molecule has 2 rings (SSSR count). The molecule has 5 nitrogen and oxygen atoms in total. The zero-order chi connectivity index (χ0) is 14.6. The first-order valence-corrected chi connectivity index (χ1v) is 6.85. The van der Waals surface area contributed by atoms with Crippen LogP contribution in [0.15, 0.2) is 30.3 Å². The Labute approximate surface area is 118 Å². The van der Waals surface area contributed by atoms with E-state index in [1.54, 1.807) is 0 Å². The number of aliphatic carboxylic acids is 1. The topological polar surface area (TPSA) is 92.4 Å². The molecule has 4 N–H and O–H groups in total. The molecule has 0 bridgehead atoms. The van der Waals surface area contributed by atoms with E-state index in [-0.39, 0.29) is 18.4 Å². The summed E-state index contributed by atoms with van der Waals surface area (Å²) in [6.07, 6.45) is 2.03. The molecule has 1 unspecified atom stereocenters. The van der Waals surface area contributed by atoms with E-state index < -0.39 is 11.4 Å². The SMILES string of the molecule is NCC1(C(=O)NC(CCC(=O)O)c2ccccc2)CC1. The molecular weight excluding hydrogens is 256 g/mol. The molecule has 1 amide bonds. The lowest BCUT2D eigenvalue weighted by Crippen LogP contribution is -2.38. The zero-order valence-electron chi connectivity index (χ0n) is 11.3. The average Bonchev–Trinajstić information content (AvgIpc) is 3.25. The predicted molar refractivity (Wildman–Crippen MR) is 74.9 cm³/mol. The Balaban J connectivity index is 2.06. The molecule has 5 heteroatoms. The molecule has 0 radical (unpaired) electrons. The molecule has 0 aliphatic heterocycles. The van der Waals surface area contributed by atoms with Gasteiger partial charge in [0.25, 0.3) is 0 Å². The van der Waals surface area contributed by atoms with E-state index in [0.29, 0.717) is 13.0 Å². The van der Waals surface area contributed by atoms with Crippen LogP contribution in [-0.2, 0) is 9.59 Å². The van der Waals surface area contributed by atoms with Crippen LogP contribution in [0.2, 0.25) is 0 Å². The molecule has 1 aliphatic carbocycles. The van der Waals surface area contributed by atoms with Crippen LogP contribution in [0.1, 0.15) is 37.3 Å². The molecule has 1 fully saturated rings. The van der Waals surface area contributed by atoms with Crippen LogP contribution < -0.4 is 11.1 Å². The van der Waals surface area contributed by atoms with Crippen LogP contribution in [0.4, 0.5) is 0 Å². The lowest BCUT2D eigenvalue weighted by Gasteiger charge is -2.22. The summed E-state index contributed by atoms with van der Waals surface area (Å²) in [4.78, 5) is 23.0. The van der Waals surface area contributed by atoms with Gasteiger partial charge in [-0.3, -0.25) is 9.59 Å². The van der Waals surface area contributed by atoms with Crippen LogP contribution in [0.5, 0.6) is 0 Å². The smallest absolute Gasteiger partial charge is 0.303 e. The zero-order valence-corrected chi connectivity index (χ0v) is 11.3. The minimum absolute atomic E-state index is 0.0233. The van der Waals surface area contributed by atoms with E-state index >= 15 is 0 Å². The van der Waals surface area contributed by atoms with Crippen LogP contribution in [0.25, 0.3) is 0 Å². The lowest BCUT2D eigenvalue weighted by molar-refractivity contribution is -0.137. The summed E-state index contributed by atoms with van der Waals surface area (Å²) in [6, 6.07) is 9.17. The summed E-state index contributed by atoms with van der Waals surface area (Å²) in [5.41, 5.74) is 6.16. The van der Waals surface area contributed by atoms with Crippen LogP contribution in [0, 0.1) is 5.41 Å². The summed E-state index contributed by atoms with van der Waals surface area (Å²) in [5.74, 6) is -0.917. The Bertz CT molecular complexity index is 483. The maximum absolute atomic E-state index is 12.2. The van der Waals surface area contributed by atoms with Crippen molar-refractivity contribution in [3.8, 4) is 0 Å². The van der Waals surface area contributed by atoms with Gasteiger partial charge < -0.3 is 16.2 Å². The molecule has 108 valence electrons. The van der Waals surface area contributed by atoms with Crippen molar-refractivity contribution < 1.29 is 14.7 Å². The van der Waals surface area contributed by atoms with Crippen molar-refractivity contribution in [2.45, 2.75) is 31.7 Å². The van der Waals surface area contributed by atoms with Gasteiger partial charge in [-0.2, -0.15) is 0 Å². The molecular formula is C15H20N2O3. The van der Waals surface area contributed by atoms with Gasteiger partial charge in [0.15, 0.2) is 0 Å². The fourth-order valence-electron chi connectivity index (χ4n) is 2.26. The monoisotopic (exact) mass is 276 g/mol. The number of carbonyl (C=O) groups is 2. The Kier molecular flexibility index (Phi) is 4.39. The third-order valence-corrected chi connectivity index (χ3v) is 3.88. The van der Waals surface area contributed by atoms with Gasteiger partial charge in [-0.15, -0.1) is 0 Å². The normalized spacial score (nSPS) is 17.2. The molecule has 1 aromatic carbocycles. The van der Waals surface area contributed by atoms with Crippen LogP contribution in [-0.4, -0.2) is 23.5 Å². The highest BCUT2D eigenvalue weighted by molar-refractivity contribution is 5.86. The molecule has 0 saturated heterocycles. The Morgan fingerprint density at radius 1 is 1.30 bits per heavy atom. The van der Waals surface area contributed by atoms with Crippen molar-refractivity contribution in [2.75, 3.05) is 6.54 Å². The molecule has 1 aliphatic rings. The number of carboxylic acids is 1. The fraction of sp³-hybridized carbons (Fsp3) is 0.467. The first-order chi connectivity index (χ1) is 9.57. The van der Waals surface area contributed by atoms with E-state index in [1.807, 2.05) is 30.3 Å². The van der Waals surface area contributed by atoms with Gasteiger partial charge in [-0.05, 0) is 24.8 Å². The molecule has 0 aromatic heterocycles. The minimum atomic E-state index is -0.861. The standard InChI is InChI=1S/C15H20N2O3/c16-10-15(8-9-15)14(20)17-12(6-7-13(18)19)11-4-2-1-3-5-11/h1-5,12H,6-10,16H2,(H,17,20)(H,18,19). The molecule has 0 heterocycles. The molecule has 0 spiro atoms. The Hall–Kier alpha value is -1.88. The maximum atomic E-state index is 12.2. The highest BCUT2D eigenvalue weighted by Gasteiger charge is 2.48. The molecule has 1 atom stereocenters. The predicted octanol–water partition coefficient (Wildman–Crippen LogP) is 1.45. The summed E-state index contributed by atoms with van der Waals surface area (Å²) in [5, 5.41) is 11.8. The number of nitrogens with one attached hydrogen (secondary N) is 1. The van der Waals surface area contributed by atoms with Gasteiger partial charge in [-0.1, -0.05) is 30.3 Å². The molecule has 1 saturated carbocycles. The van der Waals surface area contributed by atoms with Gasteiger partial charge in [0.05, 0.1) is 11.5 Å². The number of carbonyl (C=O) groups excluding carboxylic acids is 1. The number of rotatable bonds is 7. The summed E-state index contributed by atoms with van der Waals surface area (Å²) < 4.78 is 0. The summed E-state index contributed by atoms with van der Waals surface area (Å²) >= 11 is 0. The Morgan fingerprint density at radius 3 is 2.45 bits per heavy atom. The van der Waals surface area contributed by atoms with Gasteiger partial charge in [0.1, 0.15) is 0 Å². The quantitative estimate of drug-likeness (QED) is 0.702. The van der Waals surface area contributed by atoms with E-state index in [0.717, 1.165) is 18.4 Å². The minimum Gasteiger partial charge on any atom is -0.481 e. The van der Waals surface area contributed by atoms with E-state index in [4.69, 9.17) is 10.8 Å². The number of hydrogen-bond donors (Lipinski definition) is 3. The van der Waals surface area contributed by atoms with Crippen molar-refractivity contribution in [2.24, 2.45) is 11.1 Å². The van der Waals surface area contributed by atoms with Gasteiger partial charge in [0, 0.05) is 13.0 Å².